The first kappa shape index (κ1) is 29.3. The van der Waals surface area contributed by atoms with E-state index < -0.39 is 0 Å². The fourth-order valence-electron chi connectivity index (χ4n) is 7.26. The predicted molar refractivity (Wildman–Crippen MR) is 182 cm³/mol. The molecule has 4 aromatic carbocycles. The van der Waals surface area contributed by atoms with Gasteiger partial charge in [0.25, 0.3) is 5.56 Å². The maximum atomic E-state index is 14.8. The summed E-state index contributed by atoms with van der Waals surface area (Å²) in [5.41, 5.74) is 7.61. The van der Waals surface area contributed by atoms with E-state index in [1.807, 2.05) is 97.9 Å². The van der Waals surface area contributed by atoms with Crippen LogP contribution in [0.5, 0.6) is 0 Å². The van der Waals surface area contributed by atoms with Gasteiger partial charge in [-0.3, -0.25) is 14.2 Å². The number of amides is 1. The zero-order valence-electron chi connectivity index (χ0n) is 25.5. The molecule has 226 valence electrons. The van der Waals surface area contributed by atoms with Gasteiger partial charge in [-0.05, 0) is 60.6 Å². The molecule has 0 aliphatic heterocycles. The van der Waals surface area contributed by atoms with Crippen molar-refractivity contribution in [1.29, 1.82) is 0 Å². The first-order chi connectivity index (χ1) is 22.0. The Hall–Kier alpha value is -4.42. The SMILES string of the molecule is Cc1cccc(-n2c(SCC(=O)NC(c3ccccc3)c3ccccc3)nc3c(c2=O)C2(CCCCC2)Cc2ccccc2-3)c1. The van der Waals surface area contributed by atoms with E-state index in [0.717, 1.165) is 71.3 Å². The van der Waals surface area contributed by atoms with Crippen molar-refractivity contribution in [2.24, 2.45) is 0 Å². The molecule has 0 atom stereocenters. The number of nitrogens with one attached hydrogen (secondary N) is 1. The lowest BCUT2D eigenvalue weighted by Gasteiger charge is -2.42. The number of carbonyl (C=O) groups excluding carboxylic acids is 1. The largest absolute Gasteiger partial charge is 0.344 e. The third kappa shape index (κ3) is 5.75. The monoisotopic (exact) mass is 611 g/mol. The minimum absolute atomic E-state index is 0.00337. The van der Waals surface area contributed by atoms with E-state index in [0.29, 0.717) is 5.16 Å². The van der Waals surface area contributed by atoms with Crippen molar-refractivity contribution < 1.29 is 4.79 Å². The van der Waals surface area contributed by atoms with Crippen LogP contribution >= 0.6 is 11.8 Å². The van der Waals surface area contributed by atoms with E-state index in [2.05, 4.69) is 23.5 Å². The number of aryl methyl sites for hydroxylation is 1. The van der Waals surface area contributed by atoms with E-state index in [1.165, 1.54) is 23.7 Å². The van der Waals surface area contributed by atoms with Crippen molar-refractivity contribution in [3.63, 3.8) is 0 Å². The molecule has 1 aromatic heterocycles. The molecule has 1 fully saturated rings. The second-order valence-electron chi connectivity index (χ2n) is 12.4. The Morgan fingerprint density at radius 2 is 1.53 bits per heavy atom. The third-order valence-electron chi connectivity index (χ3n) is 9.36. The smallest absolute Gasteiger partial charge is 0.263 e. The first-order valence-electron chi connectivity index (χ1n) is 15.9. The molecule has 5 aromatic rings. The lowest BCUT2D eigenvalue weighted by atomic mass is 9.62. The van der Waals surface area contributed by atoms with Gasteiger partial charge in [0.15, 0.2) is 5.16 Å². The molecule has 0 unspecified atom stereocenters. The molecule has 1 amide bonds. The van der Waals surface area contributed by atoms with Crippen molar-refractivity contribution >= 4 is 17.7 Å². The van der Waals surface area contributed by atoms with Gasteiger partial charge in [-0.2, -0.15) is 0 Å². The second kappa shape index (κ2) is 12.5. The molecule has 0 saturated heterocycles. The van der Waals surface area contributed by atoms with Gasteiger partial charge in [-0.1, -0.05) is 128 Å². The topological polar surface area (TPSA) is 64.0 Å². The minimum atomic E-state index is -0.283. The number of hydrogen-bond acceptors (Lipinski definition) is 4. The number of benzene rings is 4. The normalized spacial score (nSPS) is 15.0. The molecular formula is C39H37N3O2S. The predicted octanol–water partition coefficient (Wildman–Crippen LogP) is 7.96. The number of carbonyl (C=O) groups is 1. The van der Waals surface area contributed by atoms with Crippen LogP contribution < -0.4 is 10.9 Å². The fraction of sp³-hybridized carbons (Fsp3) is 0.256. The van der Waals surface area contributed by atoms with Gasteiger partial charge in [0.05, 0.1) is 28.7 Å². The quantitative estimate of drug-likeness (QED) is 0.150. The van der Waals surface area contributed by atoms with Gasteiger partial charge < -0.3 is 5.32 Å². The molecule has 2 aliphatic rings. The van der Waals surface area contributed by atoms with Crippen LogP contribution in [0.4, 0.5) is 0 Å². The molecule has 1 spiro atoms. The average Bonchev–Trinajstić information content (AvgIpc) is 3.07. The standard InChI is InChI=1S/C39H37N3O2S/c1-27-14-13-20-31(24-27)42-37(44)34-36(32-21-10-9-19-30(32)25-39(34)22-11-4-12-23-39)41-38(42)45-26-33(43)40-35(28-15-5-2-6-16-28)29-17-7-3-8-18-29/h2-3,5-10,13-21,24,35H,4,11-12,22-23,25-26H2,1H3,(H,40,43). The molecule has 0 radical (unpaired) electrons. The maximum Gasteiger partial charge on any atom is 0.263 e. The molecular weight excluding hydrogens is 575 g/mol. The van der Waals surface area contributed by atoms with E-state index in [1.54, 1.807) is 4.57 Å². The summed E-state index contributed by atoms with van der Waals surface area (Å²) in [6.07, 6.45) is 6.30. The fourth-order valence-corrected chi connectivity index (χ4v) is 8.08. The Labute approximate surface area is 268 Å². The zero-order chi connectivity index (χ0) is 30.8. The minimum Gasteiger partial charge on any atom is -0.344 e. The maximum absolute atomic E-state index is 14.8. The molecule has 5 nitrogen and oxygen atoms in total. The van der Waals surface area contributed by atoms with Gasteiger partial charge in [0, 0.05) is 11.0 Å². The van der Waals surface area contributed by atoms with Gasteiger partial charge in [-0.25, -0.2) is 4.98 Å². The molecule has 1 N–H and O–H groups in total. The number of thioether (sulfide) groups is 1. The molecule has 1 heterocycles. The van der Waals surface area contributed by atoms with Crippen LogP contribution in [0.3, 0.4) is 0 Å². The van der Waals surface area contributed by atoms with E-state index in [4.69, 9.17) is 4.98 Å². The van der Waals surface area contributed by atoms with Gasteiger partial charge in [-0.15, -0.1) is 0 Å². The van der Waals surface area contributed by atoms with Crippen LogP contribution in [0, 0.1) is 6.92 Å². The van der Waals surface area contributed by atoms with E-state index in [-0.39, 0.29) is 28.7 Å². The molecule has 45 heavy (non-hydrogen) atoms. The Bertz CT molecular complexity index is 1860. The zero-order valence-corrected chi connectivity index (χ0v) is 26.4. The Morgan fingerprint density at radius 1 is 0.867 bits per heavy atom. The van der Waals surface area contributed by atoms with Crippen molar-refractivity contribution in [2.45, 2.75) is 62.1 Å². The van der Waals surface area contributed by atoms with E-state index >= 15 is 0 Å². The summed E-state index contributed by atoms with van der Waals surface area (Å²) in [5, 5.41) is 3.79. The summed E-state index contributed by atoms with van der Waals surface area (Å²) < 4.78 is 1.76. The van der Waals surface area contributed by atoms with Crippen molar-refractivity contribution in [2.75, 3.05) is 5.75 Å². The highest BCUT2D eigenvalue weighted by Crippen LogP contribution is 2.49. The van der Waals surface area contributed by atoms with Gasteiger partial charge >= 0.3 is 0 Å². The average molecular weight is 612 g/mol. The molecule has 2 aliphatic carbocycles. The molecule has 6 heteroatoms. The van der Waals surface area contributed by atoms with Gasteiger partial charge in [0.1, 0.15) is 0 Å². The highest BCUT2D eigenvalue weighted by Gasteiger charge is 2.43. The number of hydrogen-bond donors (Lipinski definition) is 1. The number of aromatic nitrogens is 2. The van der Waals surface area contributed by atoms with Crippen LogP contribution in [0.2, 0.25) is 0 Å². The van der Waals surface area contributed by atoms with Crippen molar-refractivity contribution in [3.8, 4) is 16.9 Å². The summed E-state index contributed by atoms with van der Waals surface area (Å²) in [4.78, 5) is 33.8. The van der Waals surface area contributed by atoms with Crippen molar-refractivity contribution in [3.05, 3.63) is 147 Å². The van der Waals surface area contributed by atoms with E-state index in [9.17, 15) is 9.59 Å². The summed E-state index contributed by atoms with van der Waals surface area (Å²) in [7, 11) is 0. The number of nitrogens with zero attached hydrogens (tertiary/aromatic N) is 2. The van der Waals surface area contributed by atoms with Crippen LogP contribution in [-0.2, 0) is 16.6 Å². The summed E-state index contributed by atoms with van der Waals surface area (Å²) in [6.45, 7) is 2.03. The second-order valence-corrected chi connectivity index (χ2v) is 13.3. The molecule has 7 rings (SSSR count). The number of fused-ring (bicyclic) bond motifs is 4. The highest BCUT2D eigenvalue weighted by atomic mass is 32.2. The molecule has 1 saturated carbocycles. The summed E-state index contributed by atoms with van der Waals surface area (Å²) in [5.74, 6) is 0.00428. The van der Waals surface area contributed by atoms with Gasteiger partial charge in [0.2, 0.25) is 5.91 Å². The molecule has 0 bridgehead atoms. The van der Waals surface area contributed by atoms with Crippen LogP contribution in [-0.4, -0.2) is 21.2 Å². The lowest BCUT2D eigenvalue weighted by molar-refractivity contribution is -0.119. The highest BCUT2D eigenvalue weighted by molar-refractivity contribution is 7.99. The third-order valence-corrected chi connectivity index (χ3v) is 10.3. The number of rotatable bonds is 7. The van der Waals surface area contributed by atoms with Crippen LogP contribution in [0.1, 0.15) is 66.0 Å². The Kier molecular flexibility index (Phi) is 8.16. The summed E-state index contributed by atoms with van der Waals surface area (Å²) >= 11 is 1.32. The Balaban J connectivity index is 1.29. The first-order valence-corrected chi connectivity index (χ1v) is 16.9. The summed E-state index contributed by atoms with van der Waals surface area (Å²) in [6, 6.07) is 36.2. The Morgan fingerprint density at radius 3 is 2.22 bits per heavy atom. The lowest BCUT2D eigenvalue weighted by Crippen LogP contribution is -2.43. The van der Waals surface area contributed by atoms with Crippen LogP contribution in [0.25, 0.3) is 16.9 Å². The van der Waals surface area contributed by atoms with Crippen LogP contribution in [0.15, 0.2) is 119 Å². The van der Waals surface area contributed by atoms with Crippen molar-refractivity contribution in [1.82, 2.24) is 14.9 Å².